The summed E-state index contributed by atoms with van der Waals surface area (Å²) in [7, 11) is 0. The van der Waals surface area contributed by atoms with Gasteiger partial charge in [-0.25, -0.2) is 9.18 Å². The Morgan fingerprint density at radius 2 is 2.11 bits per heavy atom. The molecule has 1 N–H and O–H groups in total. The molecule has 0 radical (unpaired) electrons. The van der Waals surface area contributed by atoms with Gasteiger partial charge < -0.3 is 5.11 Å². The Hall–Kier alpha value is -1.07. The van der Waals surface area contributed by atoms with Crippen molar-refractivity contribution in [2.45, 2.75) is 31.6 Å². The lowest BCUT2D eigenvalue weighted by molar-refractivity contribution is -0.114. The summed E-state index contributed by atoms with van der Waals surface area (Å²) in [4.78, 5) is 23.0. The van der Waals surface area contributed by atoms with Gasteiger partial charge in [-0.3, -0.25) is 4.79 Å². The number of carbonyl (C=O) groups is 2. The normalized spacial score (nSPS) is 12.2. The molecule has 1 aromatic carbocycles. The maximum Gasteiger partial charge on any atom is 0.338 e. The van der Waals surface area contributed by atoms with Crippen LogP contribution in [0.5, 0.6) is 0 Å². The van der Waals surface area contributed by atoms with Crippen LogP contribution in [0.2, 0.25) is 5.02 Å². The van der Waals surface area contributed by atoms with Crippen molar-refractivity contribution in [2.24, 2.45) is 5.92 Å². The molecule has 3 nitrogen and oxygen atoms in total. The zero-order valence-electron chi connectivity index (χ0n) is 10.6. The van der Waals surface area contributed by atoms with E-state index in [1.54, 1.807) is 6.92 Å². The number of aromatic carboxylic acids is 1. The summed E-state index contributed by atoms with van der Waals surface area (Å²) >= 11 is 6.68. The number of carbonyl (C=O) groups excluding carboxylic acids is 1. The fourth-order valence-corrected chi connectivity index (χ4v) is 2.67. The van der Waals surface area contributed by atoms with Crippen LogP contribution in [0.25, 0.3) is 0 Å². The van der Waals surface area contributed by atoms with Crippen molar-refractivity contribution in [1.29, 1.82) is 0 Å². The second-order valence-corrected chi connectivity index (χ2v) is 5.63. The van der Waals surface area contributed by atoms with Crippen molar-refractivity contribution >= 4 is 34.4 Å². The van der Waals surface area contributed by atoms with E-state index in [-0.39, 0.29) is 21.0 Å². The van der Waals surface area contributed by atoms with Gasteiger partial charge in [-0.2, -0.15) is 0 Å². The first-order valence-corrected chi connectivity index (χ1v) is 7.00. The summed E-state index contributed by atoms with van der Waals surface area (Å²) in [6.45, 7) is 3.77. The minimum atomic E-state index is -1.38. The Balaban J connectivity index is 2.98. The highest BCUT2D eigenvalue weighted by Crippen LogP contribution is 2.32. The van der Waals surface area contributed by atoms with Gasteiger partial charge >= 0.3 is 5.97 Å². The van der Waals surface area contributed by atoms with Gasteiger partial charge in [0.1, 0.15) is 5.82 Å². The van der Waals surface area contributed by atoms with E-state index in [1.165, 1.54) is 0 Å². The topological polar surface area (TPSA) is 54.4 Å². The number of hydrogen-bond donors (Lipinski definition) is 1. The number of hydrogen-bond acceptors (Lipinski definition) is 3. The van der Waals surface area contributed by atoms with Crippen molar-refractivity contribution in [3.05, 3.63) is 28.5 Å². The number of carboxylic acids is 1. The third-order valence-electron chi connectivity index (χ3n) is 2.59. The molecule has 0 heterocycles. The summed E-state index contributed by atoms with van der Waals surface area (Å²) in [5.74, 6) is -2.44. The highest BCUT2D eigenvalue weighted by Gasteiger charge is 2.19. The quantitative estimate of drug-likeness (QED) is 0.827. The molecule has 0 aliphatic heterocycles. The molecule has 0 spiro atoms. The van der Waals surface area contributed by atoms with Crippen LogP contribution >= 0.6 is 23.4 Å². The molecule has 1 atom stereocenters. The highest BCUT2D eigenvalue weighted by atomic mass is 35.5. The fraction of sp³-hybridized carbons (Fsp3) is 0.385. The molecular formula is C13H14ClFO3S. The van der Waals surface area contributed by atoms with Crippen LogP contribution in [-0.2, 0) is 4.79 Å². The van der Waals surface area contributed by atoms with Gasteiger partial charge in [0.2, 0.25) is 0 Å². The first kappa shape index (κ1) is 16.0. The van der Waals surface area contributed by atoms with Crippen LogP contribution in [0, 0.1) is 11.7 Å². The summed E-state index contributed by atoms with van der Waals surface area (Å²) < 4.78 is 13.3. The standard InChI is InChI=1S/C13H14ClFO3S/c1-3-4-7(2)13(18)19-11-5-8(12(16)17)10(15)6-9(11)14/h5-7H,3-4H2,1-2H3,(H,16,17). The monoisotopic (exact) mass is 304 g/mol. The minimum absolute atomic E-state index is 0.0459. The first-order valence-electron chi connectivity index (χ1n) is 5.80. The maximum absolute atomic E-state index is 13.3. The fourth-order valence-electron chi connectivity index (χ4n) is 1.53. The van der Waals surface area contributed by atoms with Gasteiger partial charge in [-0.05, 0) is 18.6 Å². The average Bonchev–Trinajstić information content (AvgIpc) is 2.32. The summed E-state index contributed by atoms with van der Waals surface area (Å²) in [5.41, 5.74) is -0.483. The Bertz CT molecular complexity index is 505. The molecule has 6 heteroatoms. The van der Waals surface area contributed by atoms with E-state index in [1.807, 2.05) is 6.92 Å². The average molecular weight is 305 g/mol. The van der Waals surface area contributed by atoms with Crippen LogP contribution in [0.4, 0.5) is 4.39 Å². The SMILES string of the molecule is CCCC(C)C(=O)Sc1cc(C(=O)O)c(F)cc1Cl. The van der Waals surface area contributed by atoms with Gasteiger partial charge in [0, 0.05) is 10.8 Å². The summed E-state index contributed by atoms with van der Waals surface area (Å²) in [5, 5.41) is 8.77. The summed E-state index contributed by atoms with van der Waals surface area (Å²) in [6.07, 6.45) is 1.63. The van der Waals surface area contributed by atoms with Gasteiger partial charge in [-0.15, -0.1) is 0 Å². The predicted molar refractivity (Wildman–Crippen MR) is 73.3 cm³/mol. The second-order valence-electron chi connectivity index (χ2n) is 4.18. The molecule has 0 aliphatic carbocycles. The number of carboxylic acid groups (broad SMARTS) is 1. The van der Waals surface area contributed by atoms with E-state index in [4.69, 9.17) is 16.7 Å². The number of halogens is 2. The van der Waals surface area contributed by atoms with Gasteiger partial charge in [0.05, 0.1) is 10.6 Å². The molecule has 1 unspecified atom stereocenters. The lowest BCUT2D eigenvalue weighted by Crippen LogP contribution is -2.07. The molecule has 19 heavy (non-hydrogen) atoms. The van der Waals surface area contributed by atoms with E-state index in [0.29, 0.717) is 0 Å². The predicted octanol–water partition coefficient (Wildman–Crippen LogP) is 4.23. The minimum Gasteiger partial charge on any atom is -0.478 e. The molecular weight excluding hydrogens is 291 g/mol. The lowest BCUT2D eigenvalue weighted by atomic mass is 10.1. The van der Waals surface area contributed by atoms with Crippen LogP contribution in [0.3, 0.4) is 0 Å². The van der Waals surface area contributed by atoms with Crippen molar-refractivity contribution in [2.75, 3.05) is 0 Å². The summed E-state index contributed by atoms with van der Waals surface area (Å²) in [6, 6.07) is 2.02. The van der Waals surface area contributed by atoms with Crippen LogP contribution in [0.1, 0.15) is 37.0 Å². The smallest absolute Gasteiger partial charge is 0.338 e. The Morgan fingerprint density at radius 3 is 2.63 bits per heavy atom. The molecule has 0 bridgehead atoms. The van der Waals surface area contributed by atoms with Crippen molar-refractivity contribution in [3.63, 3.8) is 0 Å². The third kappa shape index (κ3) is 4.21. The van der Waals surface area contributed by atoms with Gasteiger partial charge in [0.15, 0.2) is 5.12 Å². The maximum atomic E-state index is 13.3. The zero-order valence-corrected chi connectivity index (χ0v) is 12.1. The van der Waals surface area contributed by atoms with Crippen LogP contribution in [0.15, 0.2) is 17.0 Å². The number of rotatable bonds is 5. The highest BCUT2D eigenvalue weighted by molar-refractivity contribution is 8.13. The van der Waals surface area contributed by atoms with Gasteiger partial charge in [-0.1, -0.05) is 43.6 Å². The molecule has 0 amide bonds. The largest absolute Gasteiger partial charge is 0.478 e. The molecule has 0 aliphatic rings. The number of benzene rings is 1. The Kier molecular flexibility index (Phi) is 5.82. The molecule has 1 rings (SSSR count). The molecule has 0 fully saturated rings. The van der Waals surface area contributed by atoms with Crippen LogP contribution < -0.4 is 0 Å². The van der Waals surface area contributed by atoms with E-state index in [0.717, 1.165) is 36.7 Å². The Morgan fingerprint density at radius 1 is 1.47 bits per heavy atom. The van der Waals surface area contributed by atoms with E-state index < -0.39 is 17.3 Å². The number of thioether (sulfide) groups is 1. The van der Waals surface area contributed by atoms with E-state index >= 15 is 0 Å². The van der Waals surface area contributed by atoms with E-state index in [9.17, 15) is 14.0 Å². The first-order chi connectivity index (χ1) is 8.86. The molecule has 104 valence electrons. The zero-order chi connectivity index (χ0) is 14.6. The van der Waals surface area contributed by atoms with Gasteiger partial charge in [0.25, 0.3) is 0 Å². The molecule has 0 saturated heterocycles. The van der Waals surface area contributed by atoms with Crippen LogP contribution in [-0.4, -0.2) is 16.2 Å². The second kappa shape index (κ2) is 6.91. The molecule has 0 saturated carbocycles. The third-order valence-corrected chi connectivity index (χ3v) is 4.17. The molecule has 1 aromatic rings. The van der Waals surface area contributed by atoms with Crippen molar-refractivity contribution in [1.82, 2.24) is 0 Å². The van der Waals surface area contributed by atoms with Crippen molar-refractivity contribution < 1.29 is 19.1 Å². The Labute approximate surface area is 120 Å². The molecule has 0 aromatic heterocycles. The lowest BCUT2D eigenvalue weighted by Gasteiger charge is -2.10. The van der Waals surface area contributed by atoms with Crippen molar-refractivity contribution in [3.8, 4) is 0 Å². The van der Waals surface area contributed by atoms with E-state index in [2.05, 4.69) is 0 Å².